The van der Waals surface area contributed by atoms with Gasteiger partial charge in [0.15, 0.2) is 0 Å². The van der Waals surface area contributed by atoms with Crippen molar-refractivity contribution in [3.63, 3.8) is 0 Å². The second-order valence-electron chi connectivity index (χ2n) is 4.36. The topological polar surface area (TPSA) is 81.4 Å². The van der Waals surface area contributed by atoms with Gasteiger partial charge in [0.2, 0.25) is 5.91 Å². The molecule has 0 aliphatic heterocycles. The predicted molar refractivity (Wildman–Crippen MR) is 73.9 cm³/mol. The third-order valence-electron chi connectivity index (χ3n) is 2.88. The van der Waals surface area contributed by atoms with Crippen molar-refractivity contribution >= 4 is 17.6 Å². The molecule has 19 heavy (non-hydrogen) atoms. The number of anilines is 1. The molecule has 0 spiro atoms. The van der Waals surface area contributed by atoms with Crippen LogP contribution in [0.25, 0.3) is 0 Å². The molecule has 0 saturated carbocycles. The summed E-state index contributed by atoms with van der Waals surface area (Å²) in [5, 5.41) is 2.75. The van der Waals surface area contributed by atoms with Gasteiger partial charge in [-0.2, -0.15) is 0 Å². The van der Waals surface area contributed by atoms with Gasteiger partial charge in [-0.1, -0.05) is 19.1 Å². The van der Waals surface area contributed by atoms with Gasteiger partial charge in [0, 0.05) is 5.92 Å². The maximum absolute atomic E-state index is 12.0. The summed E-state index contributed by atoms with van der Waals surface area (Å²) in [5.41, 5.74) is 6.24. The summed E-state index contributed by atoms with van der Waals surface area (Å²) in [7, 11) is 1.31. The molecule has 3 N–H and O–H groups in total. The minimum Gasteiger partial charge on any atom is -0.465 e. The van der Waals surface area contributed by atoms with E-state index < -0.39 is 5.97 Å². The molecular formula is C14H20N2O3. The standard InChI is InChI=1S/C14H20N2O3/c1-10(6-5-9-15)13(17)16-12-8-4-3-7-11(12)14(18)19-2/h3-4,7-8,10H,5-6,9,15H2,1-2H3,(H,16,17). The Hall–Kier alpha value is -1.88. The number of esters is 1. The first kappa shape index (κ1) is 15.2. The second-order valence-corrected chi connectivity index (χ2v) is 4.36. The van der Waals surface area contributed by atoms with Crippen LogP contribution in [0.5, 0.6) is 0 Å². The van der Waals surface area contributed by atoms with Crippen molar-refractivity contribution in [2.24, 2.45) is 11.7 Å². The molecule has 0 aliphatic carbocycles. The molecular weight excluding hydrogens is 244 g/mol. The number of nitrogens with one attached hydrogen (secondary N) is 1. The van der Waals surface area contributed by atoms with Crippen LogP contribution < -0.4 is 11.1 Å². The first-order chi connectivity index (χ1) is 9.10. The Morgan fingerprint density at radius 2 is 2.05 bits per heavy atom. The number of hydrogen-bond donors (Lipinski definition) is 2. The number of para-hydroxylation sites is 1. The molecule has 0 heterocycles. The molecule has 1 aromatic rings. The highest BCUT2D eigenvalue weighted by Crippen LogP contribution is 2.18. The van der Waals surface area contributed by atoms with Crippen molar-refractivity contribution in [3.8, 4) is 0 Å². The lowest BCUT2D eigenvalue weighted by atomic mass is 10.0. The molecule has 1 aromatic carbocycles. The summed E-state index contributed by atoms with van der Waals surface area (Å²) >= 11 is 0. The van der Waals surface area contributed by atoms with Crippen LogP contribution in [0, 0.1) is 5.92 Å². The Labute approximate surface area is 113 Å². The Kier molecular flexibility index (Phi) is 6.02. The van der Waals surface area contributed by atoms with Gasteiger partial charge >= 0.3 is 5.97 Å². The first-order valence-corrected chi connectivity index (χ1v) is 6.28. The lowest BCUT2D eigenvalue weighted by molar-refractivity contribution is -0.119. The van der Waals surface area contributed by atoms with E-state index in [0.29, 0.717) is 17.8 Å². The zero-order chi connectivity index (χ0) is 14.3. The normalized spacial score (nSPS) is 11.7. The Bertz CT molecular complexity index is 446. The van der Waals surface area contributed by atoms with Crippen molar-refractivity contribution < 1.29 is 14.3 Å². The number of nitrogens with two attached hydrogens (primary N) is 1. The Morgan fingerprint density at radius 3 is 2.68 bits per heavy atom. The van der Waals surface area contributed by atoms with Crippen molar-refractivity contribution in [1.82, 2.24) is 0 Å². The van der Waals surface area contributed by atoms with E-state index in [4.69, 9.17) is 5.73 Å². The van der Waals surface area contributed by atoms with Crippen molar-refractivity contribution in [2.45, 2.75) is 19.8 Å². The van der Waals surface area contributed by atoms with E-state index in [9.17, 15) is 9.59 Å². The summed E-state index contributed by atoms with van der Waals surface area (Å²) < 4.78 is 4.68. The summed E-state index contributed by atoms with van der Waals surface area (Å²) in [4.78, 5) is 23.5. The van der Waals surface area contributed by atoms with Gasteiger partial charge in [-0.15, -0.1) is 0 Å². The smallest absolute Gasteiger partial charge is 0.339 e. The minimum absolute atomic E-state index is 0.121. The van der Waals surface area contributed by atoms with Crippen LogP contribution in [0.2, 0.25) is 0 Å². The van der Waals surface area contributed by atoms with Crippen molar-refractivity contribution in [3.05, 3.63) is 29.8 Å². The Morgan fingerprint density at radius 1 is 1.37 bits per heavy atom. The number of hydrogen-bond acceptors (Lipinski definition) is 4. The molecule has 1 rings (SSSR count). The predicted octanol–water partition coefficient (Wildman–Crippen LogP) is 1.79. The highest BCUT2D eigenvalue weighted by molar-refractivity contribution is 6.01. The van der Waals surface area contributed by atoms with E-state index in [0.717, 1.165) is 12.8 Å². The van der Waals surface area contributed by atoms with Crippen LogP contribution in [0.15, 0.2) is 24.3 Å². The number of benzene rings is 1. The minimum atomic E-state index is -0.467. The largest absolute Gasteiger partial charge is 0.465 e. The number of amides is 1. The average molecular weight is 264 g/mol. The maximum Gasteiger partial charge on any atom is 0.339 e. The molecule has 0 bridgehead atoms. The fraction of sp³-hybridized carbons (Fsp3) is 0.429. The van der Waals surface area contributed by atoms with Crippen molar-refractivity contribution in [1.29, 1.82) is 0 Å². The summed E-state index contributed by atoms with van der Waals surface area (Å²) in [6, 6.07) is 6.78. The van der Waals surface area contributed by atoms with E-state index in [1.165, 1.54) is 7.11 Å². The molecule has 5 nitrogen and oxygen atoms in total. The fourth-order valence-electron chi connectivity index (χ4n) is 1.69. The van der Waals surface area contributed by atoms with E-state index in [2.05, 4.69) is 10.1 Å². The fourth-order valence-corrected chi connectivity index (χ4v) is 1.69. The van der Waals surface area contributed by atoms with Gasteiger partial charge in [0.1, 0.15) is 0 Å². The third kappa shape index (κ3) is 4.37. The molecule has 0 fully saturated rings. The summed E-state index contributed by atoms with van der Waals surface area (Å²) in [6.07, 6.45) is 1.52. The van der Waals surface area contributed by atoms with Gasteiger partial charge in [0.05, 0.1) is 18.4 Å². The number of rotatable bonds is 6. The maximum atomic E-state index is 12.0. The quantitative estimate of drug-likeness (QED) is 0.767. The van der Waals surface area contributed by atoms with Gasteiger partial charge in [-0.3, -0.25) is 4.79 Å². The summed E-state index contributed by atoms with van der Waals surface area (Å²) in [6.45, 7) is 2.40. The van der Waals surface area contributed by atoms with Crippen LogP contribution >= 0.6 is 0 Å². The number of methoxy groups -OCH3 is 1. The molecule has 0 aliphatic rings. The molecule has 0 aromatic heterocycles. The second kappa shape index (κ2) is 7.53. The number of carbonyl (C=O) groups is 2. The van der Waals surface area contributed by atoms with Crippen LogP contribution in [0.3, 0.4) is 0 Å². The van der Waals surface area contributed by atoms with Crippen molar-refractivity contribution in [2.75, 3.05) is 19.0 Å². The molecule has 1 atom stereocenters. The first-order valence-electron chi connectivity index (χ1n) is 6.28. The lowest BCUT2D eigenvalue weighted by Crippen LogP contribution is -2.22. The highest BCUT2D eigenvalue weighted by atomic mass is 16.5. The lowest BCUT2D eigenvalue weighted by Gasteiger charge is -2.13. The number of ether oxygens (including phenoxy) is 1. The van der Waals surface area contributed by atoms with E-state index in [-0.39, 0.29) is 11.8 Å². The highest BCUT2D eigenvalue weighted by Gasteiger charge is 2.16. The van der Waals surface area contributed by atoms with Crippen LogP contribution in [0.1, 0.15) is 30.1 Å². The molecule has 5 heteroatoms. The Balaban J connectivity index is 2.76. The van der Waals surface area contributed by atoms with E-state index in [1.54, 1.807) is 24.3 Å². The molecule has 1 amide bonds. The third-order valence-corrected chi connectivity index (χ3v) is 2.88. The van der Waals surface area contributed by atoms with Gasteiger partial charge < -0.3 is 15.8 Å². The zero-order valence-electron chi connectivity index (χ0n) is 11.3. The molecule has 0 saturated heterocycles. The average Bonchev–Trinajstić information content (AvgIpc) is 2.44. The molecule has 1 unspecified atom stereocenters. The number of carbonyl (C=O) groups excluding carboxylic acids is 2. The van der Waals surface area contributed by atoms with E-state index >= 15 is 0 Å². The van der Waals surface area contributed by atoms with Gasteiger partial charge in [0.25, 0.3) is 0 Å². The SMILES string of the molecule is COC(=O)c1ccccc1NC(=O)C(C)CCCN. The van der Waals surface area contributed by atoms with E-state index in [1.807, 2.05) is 6.92 Å². The van der Waals surface area contributed by atoms with Gasteiger partial charge in [-0.25, -0.2) is 4.79 Å². The monoisotopic (exact) mass is 264 g/mol. The summed E-state index contributed by atoms with van der Waals surface area (Å²) in [5.74, 6) is -0.732. The zero-order valence-corrected chi connectivity index (χ0v) is 11.3. The van der Waals surface area contributed by atoms with Crippen LogP contribution in [0.4, 0.5) is 5.69 Å². The van der Waals surface area contributed by atoms with Gasteiger partial charge in [-0.05, 0) is 31.5 Å². The molecule has 0 radical (unpaired) electrons. The molecule has 104 valence electrons. The van der Waals surface area contributed by atoms with Crippen LogP contribution in [-0.4, -0.2) is 25.5 Å². The van der Waals surface area contributed by atoms with Crippen LogP contribution in [-0.2, 0) is 9.53 Å².